The molecule has 252 valence electrons. The van der Waals surface area contributed by atoms with Gasteiger partial charge in [-0.2, -0.15) is 0 Å². The predicted molar refractivity (Wildman–Crippen MR) is 199 cm³/mol. The molecule has 0 saturated heterocycles. The lowest BCUT2D eigenvalue weighted by atomic mass is 9.75. The van der Waals surface area contributed by atoms with Crippen molar-refractivity contribution in [1.82, 2.24) is 0 Å². The Morgan fingerprint density at radius 2 is 0.750 bits per heavy atom. The number of fused-ring (bicyclic) bond motifs is 4. The smallest absolute Gasteiger partial charge is 0.139 e. The van der Waals surface area contributed by atoms with E-state index in [1.165, 1.54) is 11.1 Å². The maximum atomic E-state index is 6.79. The first-order valence-corrected chi connectivity index (χ1v) is 17.1. The summed E-state index contributed by atoms with van der Waals surface area (Å²) in [7, 11) is 3.55. The summed E-state index contributed by atoms with van der Waals surface area (Å²) in [6.07, 6.45) is 0. The fraction of sp³-hybridized carbons (Fsp3) is 0.409. The van der Waals surface area contributed by atoms with Gasteiger partial charge in [-0.15, -0.1) is 0 Å². The SMILES string of the molecule is COc1c(C(C)(C)C)ccc2c1/C(=C1\c3cc(C(C)(C)C)ccc3Oc3ccc(C(C)(C)C)c(OC)c31)c1cc(C(C)(C)C)ccc1O2. The van der Waals surface area contributed by atoms with Gasteiger partial charge < -0.3 is 18.9 Å². The topological polar surface area (TPSA) is 36.9 Å². The van der Waals surface area contributed by atoms with Gasteiger partial charge in [0, 0.05) is 33.4 Å². The van der Waals surface area contributed by atoms with E-state index in [-0.39, 0.29) is 21.7 Å². The summed E-state index contributed by atoms with van der Waals surface area (Å²) in [5.41, 5.74) is 10.2. The third-order valence-electron chi connectivity index (χ3n) is 9.68. The van der Waals surface area contributed by atoms with Gasteiger partial charge in [0.25, 0.3) is 0 Å². The van der Waals surface area contributed by atoms with Gasteiger partial charge in [0.15, 0.2) is 0 Å². The van der Waals surface area contributed by atoms with Crippen LogP contribution in [0.3, 0.4) is 0 Å². The Morgan fingerprint density at radius 3 is 1.04 bits per heavy atom. The summed E-state index contributed by atoms with van der Waals surface area (Å²) in [6, 6.07) is 21.8. The zero-order valence-corrected chi connectivity index (χ0v) is 31.4. The molecule has 4 aromatic rings. The van der Waals surface area contributed by atoms with Crippen LogP contribution in [0.5, 0.6) is 34.5 Å². The first-order chi connectivity index (χ1) is 22.3. The molecule has 0 atom stereocenters. The molecule has 2 aliphatic heterocycles. The molecule has 0 bridgehead atoms. The average Bonchev–Trinajstić information content (AvgIpc) is 2.99. The van der Waals surface area contributed by atoms with Crippen LogP contribution in [0.4, 0.5) is 0 Å². The van der Waals surface area contributed by atoms with E-state index < -0.39 is 0 Å². The normalized spacial score (nSPS) is 15.8. The van der Waals surface area contributed by atoms with Crippen LogP contribution in [0.25, 0.3) is 11.1 Å². The summed E-state index contributed by atoms with van der Waals surface area (Å²) in [4.78, 5) is 0. The van der Waals surface area contributed by atoms with Crippen molar-refractivity contribution in [1.29, 1.82) is 0 Å². The lowest BCUT2D eigenvalue weighted by Crippen LogP contribution is -2.19. The van der Waals surface area contributed by atoms with Crippen LogP contribution < -0.4 is 18.9 Å². The van der Waals surface area contributed by atoms with Crippen LogP contribution >= 0.6 is 0 Å². The van der Waals surface area contributed by atoms with Crippen molar-refractivity contribution < 1.29 is 18.9 Å². The second kappa shape index (κ2) is 11.2. The van der Waals surface area contributed by atoms with Crippen LogP contribution in [-0.4, -0.2) is 14.2 Å². The lowest BCUT2D eigenvalue weighted by Gasteiger charge is -2.35. The highest BCUT2D eigenvalue weighted by molar-refractivity contribution is 6.12. The Labute approximate surface area is 288 Å². The van der Waals surface area contributed by atoms with Gasteiger partial charge in [0.05, 0.1) is 25.3 Å². The average molecular weight is 645 g/mol. The molecule has 4 aromatic carbocycles. The molecule has 0 N–H and O–H groups in total. The third kappa shape index (κ3) is 5.57. The second-order valence-corrected chi connectivity index (χ2v) is 17.4. The monoisotopic (exact) mass is 644 g/mol. The molecule has 0 fully saturated rings. The summed E-state index contributed by atoms with van der Waals surface area (Å²) in [6.45, 7) is 26.9. The molecule has 0 spiro atoms. The standard InChI is InChI=1S/C44H52O4/c1-41(2,3)25-15-19-31-27(23-25)35(37-33(47-31)21-17-29(39(37)45-13)43(7,8)9)36-28-24-26(42(4,5)6)16-20-32(28)48-34-22-18-30(44(10,11)12)40(46-14)38(34)36/h15-24H,1-14H3/b36-35+. The molecule has 0 saturated carbocycles. The highest BCUT2D eigenvalue weighted by atomic mass is 16.5. The van der Waals surface area contributed by atoms with E-state index in [1.807, 2.05) is 0 Å². The van der Waals surface area contributed by atoms with Crippen LogP contribution in [0.2, 0.25) is 0 Å². The molecule has 0 radical (unpaired) electrons. The van der Waals surface area contributed by atoms with Crippen LogP contribution in [0, 0.1) is 0 Å². The summed E-state index contributed by atoms with van der Waals surface area (Å²) in [5, 5.41) is 0. The minimum absolute atomic E-state index is 0.0790. The van der Waals surface area contributed by atoms with E-state index >= 15 is 0 Å². The Balaban J connectivity index is 1.91. The Hall–Kier alpha value is -4.18. The molecule has 4 heteroatoms. The number of hydrogen-bond acceptors (Lipinski definition) is 4. The third-order valence-corrected chi connectivity index (χ3v) is 9.68. The van der Waals surface area contributed by atoms with E-state index in [2.05, 4.69) is 144 Å². The van der Waals surface area contributed by atoms with Gasteiger partial charge in [-0.25, -0.2) is 0 Å². The molecule has 0 aliphatic carbocycles. The van der Waals surface area contributed by atoms with Crippen molar-refractivity contribution in [2.75, 3.05) is 14.2 Å². The molecule has 2 heterocycles. The van der Waals surface area contributed by atoms with E-state index in [1.54, 1.807) is 14.2 Å². The van der Waals surface area contributed by atoms with Crippen LogP contribution in [0.1, 0.15) is 128 Å². The van der Waals surface area contributed by atoms with Gasteiger partial charge in [-0.3, -0.25) is 0 Å². The minimum atomic E-state index is -0.175. The number of methoxy groups -OCH3 is 2. The highest BCUT2D eigenvalue weighted by Gasteiger charge is 2.39. The summed E-state index contributed by atoms with van der Waals surface area (Å²) < 4.78 is 26.4. The van der Waals surface area contributed by atoms with Gasteiger partial charge in [0.1, 0.15) is 34.5 Å². The van der Waals surface area contributed by atoms with Gasteiger partial charge >= 0.3 is 0 Å². The number of rotatable bonds is 2. The second-order valence-electron chi connectivity index (χ2n) is 17.4. The van der Waals surface area contributed by atoms with Crippen LogP contribution in [0.15, 0.2) is 60.7 Å². The molecular formula is C44H52O4. The Morgan fingerprint density at radius 1 is 0.417 bits per heavy atom. The molecule has 48 heavy (non-hydrogen) atoms. The summed E-state index contributed by atoms with van der Waals surface area (Å²) in [5.74, 6) is 4.81. The number of benzene rings is 4. The maximum Gasteiger partial charge on any atom is 0.139 e. The molecule has 6 rings (SSSR count). The Kier molecular flexibility index (Phi) is 7.86. The summed E-state index contributed by atoms with van der Waals surface area (Å²) >= 11 is 0. The minimum Gasteiger partial charge on any atom is -0.496 e. The van der Waals surface area contributed by atoms with E-state index in [4.69, 9.17) is 18.9 Å². The molecule has 0 amide bonds. The zero-order chi connectivity index (χ0) is 35.1. The van der Waals surface area contributed by atoms with Crippen molar-refractivity contribution in [2.45, 2.75) is 105 Å². The fourth-order valence-electron chi connectivity index (χ4n) is 6.97. The first kappa shape index (κ1) is 33.7. The van der Waals surface area contributed by atoms with E-state index in [0.29, 0.717) is 0 Å². The zero-order valence-electron chi connectivity index (χ0n) is 31.4. The number of ether oxygens (including phenoxy) is 4. The van der Waals surface area contributed by atoms with Gasteiger partial charge in [0.2, 0.25) is 0 Å². The Bertz CT molecular complexity index is 1820. The maximum absolute atomic E-state index is 6.79. The quantitative estimate of drug-likeness (QED) is 0.188. The van der Waals surface area contributed by atoms with Crippen molar-refractivity contribution in [3.05, 3.63) is 105 Å². The van der Waals surface area contributed by atoms with Gasteiger partial charge in [-0.05, 0) is 69.2 Å². The first-order valence-electron chi connectivity index (χ1n) is 17.1. The molecule has 0 unspecified atom stereocenters. The fourth-order valence-corrected chi connectivity index (χ4v) is 6.97. The van der Waals surface area contributed by atoms with Gasteiger partial charge in [-0.1, -0.05) is 107 Å². The van der Waals surface area contributed by atoms with E-state index in [9.17, 15) is 0 Å². The van der Waals surface area contributed by atoms with Crippen molar-refractivity contribution in [3.63, 3.8) is 0 Å². The van der Waals surface area contributed by atoms with Crippen LogP contribution in [-0.2, 0) is 21.7 Å². The number of hydrogen-bond donors (Lipinski definition) is 0. The molecular weight excluding hydrogens is 592 g/mol. The van der Waals surface area contributed by atoms with Crippen molar-refractivity contribution >= 4 is 11.1 Å². The van der Waals surface area contributed by atoms with Crippen molar-refractivity contribution in [3.8, 4) is 34.5 Å². The highest BCUT2D eigenvalue weighted by Crippen LogP contribution is 2.59. The molecule has 4 nitrogen and oxygen atoms in total. The lowest BCUT2D eigenvalue weighted by molar-refractivity contribution is 0.387. The predicted octanol–water partition coefficient (Wildman–Crippen LogP) is 12.1. The molecule has 0 aromatic heterocycles. The van der Waals surface area contributed by atoms with E-state index in [0.717, 1.165) is 79.0 Å². The van der Waals surface area contributed by atoms with Crippen molar-refractivity contribution in [2.24, 2.45) is 0 Å². The largest absolute Gasteiger partial charge is 0.496 e. The molecule has 2 aliphatic rings.